The normalized spacial score (nSPS) is 10.1. The van der Waals surface area contributed by atoms with Gasteiger partial charge in [-0.25, -0.2) is 0 Å². The third-order valence-electron chi connectivity index (χ3n) is 2.02. The minimum Gasteiger partial charge on any atom is -0.508 e. The number of ether oxygens (including phenoxy) is 1. The maximum Gasteiger partial charge on any atom is 0.150 e. The Morgan fingerprint density at radius 3 is 2.62 bits per heavy atom. The molecular weight excluding hydrogens is 226 g/mol. The second-order valence-electron chi connectivity index (χ2n) is 3.28. The summed E-state index contributed by atoms with van der Waals surface area (Å²) in [6.07, 6.45) is 0. The highest BCUT2D eigenvalue weighted by Crippen LogP contribution is 2.30. The minimum absolute atomic E-state index is 0.144. The molecule has 0 spiro atoms. The summed E-state index contributed by atoms with van der Waals surface area (Å²) in [4.78, 5) is 0. The molecule has 82 valence electrons. The molecule has 2 aromatic rings. The van der Waals surface area contributed by atoms with Crippen LogP contribution in [0.25, 0.3) is 0 Å². The predicted molar refractivity (Wildman–Crippen MR) is 64.0 cm³/mol. The van der Waals surface area contributed by atoms with E-state index in [1.54, 1.807) is 36.4 Å². The van der Waals surface area contributed by atoms with Crippen LogP contribution in [-0.4, -0.2) is 5.11 Å². The monoisotopic (exact) mass is 235 g/mol. The van der Waals surface area contributed by atoms with Crippen LogP contribution in [0.2, 0.25) is 5.02 Å². The lowest BCUT2D eigenvalue weighted by Crippen LogP contribution is -1.91. The van der Waals surface area contributed by atoms with Crippen LogP contribution >= 0.6 is 11.6 Å². The lowest BCUT2D eigenvalue weighted by molar-refractivity contribution is 0.456. The van der Waals surface area contributed by atoms with E-state index in [0.717, 1.165) is 0 Å². The zero-order chi connectivity index (χ0) is 11.5. The summed E-state index contributed by atoms with van der Waals surface area (Å²) in [5.74, 6) is 1.18. The molecule has 0 saturated heterocycles. The van der Waals surface area contributed by atoms with Crippen LogP contribution in [-0.2, 0) is 0 Å². The van der Waals surface area contributed by atoms with Crippen molar-refractivity contribution in [3.05, 3.63) is 47.5 Å². The molecule has 2 aromatic carbocycles. The molecule has 2 rings (SSSR count). The number of halogens is 1. The fraction of sp³-hybridized carbons (Fsp3) is 0. The van der Waals surface area contributed by atoms with E-state index >= 15 is 0 Å². The lowest BCUT2D eigenvalue weighted by atomic mass is 10.3. The number of nitrogens with two attached hydrogens (primary N) is 1. The van der Waals surface area contributed by atoms with Crippen LogP contribution in [0.3, 0.4) is 0 Å². The summed E-state index contributed by atoms with van der Waals surface area (Å²) in [6, 6.07) is 11.5. The maximum atomic E-state index is 9.27. The Bertz CT molecular complexity index is 514. The smallest absolute Gasteiger partial charge is 0.150 e. The second-order valence-corrected chi connectivity index (χ2v) is 3.72. The van der Waals surface area contributed by atoms with Gasteiger partial charge in [-0.05, 0) is 30.3 Å². The van der Waals surface area contributed by atoms with Crippen molar-refractivity contribution >= 4 is 17.3 Å². The topological polar surface area (TPSA) is 55.5 Å². The molecule has 0 fully saturated rings. The molecule has 0 saturated carbocycles. The fourth-order valence-corrected chi connectivity index (χ4v) is 1.47. The summed E-state index contributed by atoms with van der Waals surface area (Å²) in [5.41, 5.74) is 6.19. The summed E-state index contributed by atoms with van der Waals surface area (Å²) >= 11 is 5.77. The van der Waals surface area contributed by atoms with Crippen LogP contribution in [0.1, 0.15) is 0 Å². The standard InChI is InChI=1S/C12H10ClNO2/c13-8-4-5-12(11(14)6-8)16-10-3-1-2-9(15)7-10/h1-7,15H,14H2. The molecule has 16 heavy (non-hydrogen) atoms. The Morgan fingerprint density at radius 2 is 1.94 bits per heavy atom. The van der Waals surface area contributed by atoms with Gasteiger partial charge in [0.1, 0.15) is 17.2 Å². The Balaban J connectivity index is 2.27. The Kier molecular flexibility index (Phi) is 2.88. The summed E-state index contributed by atoms with van der Waals surface area (Å²) in [5, 5.41) is 9.83. The van der Waals surface area contributed by atoms with Crippen molar-refractivity contribution in [3.63, 3.8) is 0 Å². The minimum atomic E-state index is 0.144. The molecular formula is C12H10ClNO2. The number of aromatic hydroxyl groups is 1. The van der Waals surface area contributed by atoms with Crippen molar-refractivity contribution < 1.29 is 9.84 Å². The molecule has 0 aliphatic carbocycles. The van der Waals surface area contributed by atoms with Gasteiger partial charge in [0, 0.05) is 11.1 Å². The maximum absolute atomic E-state index is 9.27. The first-order chi connectivity index (χ1) is 7.65. The Labute approximate surface area is 98.0 Å². The van der Waals surface area contributed by atoms with Crippen molar-refractivity contribution in [1.82, 2.24) is 0 Å². The van der Waals surface area contributed by atoms with Gasteiger partial charge in [-0.15, -0.1) is 0 Å². The SMILES string of the molecule is Nc1cc(Cl)ccc1Oc1cccc(O)c1. The first-order valence-electron chi connectivity index (χ1n) is 4.67. The molecule has 0 aliphatic rings. The molecule has 0 bridgehead atoms. The van der Waals surface area contributed by atoms with Gasteiger partial charge in [-0.2, -0.15) is 0 Å². The number of nitrogen functional groups attached to an aromatic ring is 1. The van der Waals surface area contributed by atoms with Gasteiger partial charge in [0.2, 0.25) is 0 Å². The Hall–Kier alpha value is -1.87. The number of rotatable bonds is 2. The van der Waals surface area contributed by atoms with Crippen LogP contribution in [0, 0.1) is 0 Å². The molecule has 4 heteroatoms. The predicted octanol–water partition coefficient (Wildman–Crippen LogP) is 3.42. The molecule has 0 aromatic heterocycles. The lowest BCUT2D eigenvalue weighted by Gasteiger charge is -2.08. The quantitative estimate of drug-likeness (QED) is 0.785. The van der Waals surface area contributed by atoms with Crippen LogP contribution < -0.4 is 10.5 Å². The van der Waals surface area contributed by atoms with Crippen LogP contribution in [0.15, 0.2) is 42.5 Å². The average molecular weight is 236 g/mol. The van der Waals surface area contributed by atoms with Gasteiger partial charge in [-0.1, -0.05) is 17.7 Å². The summed E-state index contributed by atoms with van der Waals surface area (Å²) < 4.78 is 5.50. The zero-order valence-electron chi connectivity index (χ0n) is 8.35. The number of hydrogen-bond acceptors (Lipinski definition) is 3. The highest BCUT2D eigenvalue weighted by atomic mass is 35.5. The Morgan fingerprint density at radius 1 is 1.12 bits per heavy atom. The van der Waals surface area contributed by atoms with Crippen LogP contribution in [0.5, 0.6) is 17.2 Å². The van der Waals surface area contributed by atoms with E-state index in [9.17, 15) is 5.11 Å². The molecule has 0 heterocycles. The highest BCUT2D eigenvalue weighted by molar-refractivity contribution is 6.30. The summed E-state index contributed by atoms with van der Waals surface area (Å²) in [7, 11) is 0. The molecule has 0 unspecified atom stereocenters. The van der Waals surface area contributed by atoms with Crippen molar-refractivity contribution in [1.29, 1.82) is 0 Å². The second kappa shape index (κ2) is 4.33. The number of hydrogen-bond donors (Lipinski definition) is 2. The van der Waals surface area contributed by atoms with Gasteiger partial charge in [-0.3, -0.25) is 0 Å². The first-order valence-corrected chi connectivity index (χ1v) is 5.05. The van der Waals surface area contributed by atoms with E-state index in [2.05, 4.69) is 0 Å². The van der Waals surface area contributed by atoms with Gasteiger partial charge >= 0.3 is 0 Å². The number of phenolic OH excluding ortho intramolecular Hbond substituents is 1. The largest absolute Gasteiger partial charge is 0.508 e. The van der Waals surface area contributed by atoms with Crippen molar-refractivity contribution in [2.75, 3.05) is 5.73 Å². The van der Waals surface area contributed by atoms with Crippen molar-refractivity contribution in [2.45, 2.75) is 0 Å². The van der Waals surface area contributed by atoms with E-state index in [4.69, 9.17) is 22.1 Å². The van der Waals surface area contributed by atoms with Crippen molar-refractivity contribution in [3.8, 4) is 17.2 Å². The molecule has 3 N–H and O–H groups in total. The van der Waals surface area contributed by atoms with E-state index in [0.29, 0.717) is 22.2 Å². The van der Waals surface area contributed by atoms with E-state index in [1.165, 1.54) is 6.07 Å². The average Bonchev–Trinajstić information content (AvgIpc) is 2.22. The molecule has 0 aliphatic heterocycles. The molecule has 0 atom stereocenters. The van der Waals surface area contributed by atoms with E-state index in [1.807, 2.05) is 0 Å². The van der Waals surface area contributed by atoms with E-state index in [-0.39, 0.29) is 5.75 Å². The highest BCUT2D eigenvalue weighted by Gasteiger charge is 2.03. The molecule has 3 nitrogen and oxygen atoms in total. The van der Waals surface area contributed by atoms with Crippen molar-refractivity contribution in [2.24, 2.45) is 0 Å². The number of benzene rings is 2. The van der Waals surface area contributed by atoms with Gasteiger partial charge in [0.25, 0.3) is 0 Å². The summed E-state index contributed by atoms with van der Waals surface area (Å²) in [6.45, 7) is 0. The fourth-order valence-electron chi connectivity index (χ4n) is 1.29. The van der Waals surface area contributed by atoms with Gasteiger partial charge in [0.05, 0.1) is 5.69 Å². The van der Waals surface area contributed by atoms with Crippen LogP contribution in [0.4, 0.5) is 5.69 Å². The number of anilines is 1. The van der Waals surface area contributed by atoms with E-state index < -0.39 is 0 Å². The zero-order valence-corrected chi connectivity index (χ0v) is 9.11. The molecule has 0 radical (unpaired) electrons. The number of phenols is 1. The molecule has 0 amide bonds. The van der Waals surface area contributed by atoms with Gasteiger partial charge < -0.3 is 15.6 Å². The third-order valence-corrected chi connectivity index (χ3v) is 2.25. The first kappa shape index (κ1) is 10.6. The third kappa shape index (κ3) is 2.38. The van der Waals surface area contributed by atoms with Gasteiger partial charge in [0.15, 0.2) is 0 Å².